The Hall–Kier alpha value is -1.27. The lowest BCUT2D eigenvalue weighted by atomic mass is 10.1. The van der Waals surface area contributed by atoms with Crippen LogP contribution in [0.15, 0.2) is 18.2 Å². The van der Waals surface area contributed by atoms with Crippen LogP contribution in [0.3, 0.4) is 0 Å². The van der Waals surface area contributed by atoms with Gasteiger partial charge < -0.3 is 11.1 Å². The van der Waals surface area contributed by atoms with Gasteiger partial charge >= 0.3 is 0 Å². The van der Waals surface area contributed by atoms with Crippen molar-refractivity contribution >= 4 is 21.4 Å². The number of nitrogens with zero attached hydrogens (tertiary/aromatic N) is 1. The van der Waals surface area contributed by atoms with Crippen LogP contribution < -0.4 is 11.1 Å². The van der Waals surface area contributed by atoms with E-state index in [1.165, 1.54) is 10.6 Å². The molecule has 1 saturated heterocycles. The van der Waals surface area contributed by atoms with Crippen LogP contribution in [-0.4, -0.2) is 38.1 Å². The van der Waals surface area contributed by atoms with Crippen LogP contribution in [0.5, 0.6) is 0 Å². The Balaban J connectivity index is 1.98. The molecular weight excluding hydrogens is 262 g/mol. The summed E-state index contributed by atoms with van der Waals surface area (Å²) in [4.78, 5) is 0. The highest BCUT2D eigenvalue weighted by molar-refractivity contribution is 7.88. The molecule has 19 heavy (non-hydrogen) atoms. The summed E-state index contributed by atoms with van der Waals surface area (Å²) in [5.41, 5.74) is 8.71. The number of sulfonamides is 1. The standard InChI is InChI=1S/C13H21N3O2S/c1-10-3-4-11(14)9-13(10)15-12-5-7-16(8-6-12)19(2,17)18/h3-4,9,12,15H,5-8,14H2,1-2H3. The van der Waals surface area contributed by atoms with Crippen LogP contribution in [0.1, 0.15) is 18.4 Å². The highest BCUT2D eigenvalue weighted by atomic mass is 32.2. The van der Waals surface area contributed by atoms with Gasteiger partial charge in [0.2, 0.25) is 10.0 Å². The molecule has 0 atom stereocenters. The second-order valence-electron chi connectivity index (χ2n) is 5.16. The molecule has 1 aliphatic rings. The third-order valence-corrected chi connectivity index (χ3v) is 4.85. The normalized spacial score (nSPS) is 18.4. The van der Waals surface area contributed by atoms with E-state index < -0.39 is 10.0 Å². The lowest BCUT2D eigenvalue weighted by molar-refractivity contribution is 0.332. The smallest absolute Gasteiger partial charge is 0.211 e. The first-order valence-corrected chi connectivity index (χ1v) is 8.29. The molecule has 0 amide bonds. The van der Waals surface area contributed by atoms with E-state index in [4.69, 9.17) is 5.73 Å². The largest absolute Gasteiger partial charge is 0.399 e. The van der Waals surface area contributed by atoms with Gasteiger partial charge in [0.05, 0.1) is 6.26 Å². The molecule has 6 heteroatoms. The molecule has 5 nitrogen and oxygen atoms in total. The van der Waals surface area contributed by atoms with Gasteiger partial charge in [-0.3, -0.25) is 0 Å². The van der Waals surface area contributed by atoms with Crippen molar-refractivity contribution in [1.82, 2.24) is 4.31 Å². The monoisotopic (exact) mass is 283 g/mol. The summed E-state index contributed by atoms with van der Waals surface area (Å²) < 4.78 is 24.4. The highest BCUT2D eigenvalue weighted by Crippen LogP contribution is 2.22. The minimum atomic E-state index is -3.05. The molecule has 0 aliphatic carbocycles. The number of anilines is 2. The Kier molecular flexibility index (Phi) is 4.01. The van der Waals surface area contributed by atoms with E-state index in [1.807, 2.05) is 25.1 Å². The molecule has 1 aliphatic heterocycles. The van der Waals surface area contributed by atoms with Crippen molar-refractivity contribution in [2.75, 3.05) is 30.4 Å². The average Bonchev–Trinajstić information content (AvgIpc) is 2.33. The average molecular weight is 283 g/mol. The molecule has 1 heterocycles. The van der Waals surface area contributed by atoms with Gasteiger partial charge in [0, 0.05) is 30.5 Å². The van der Waals surface area contributed by atoms with Crippen molar-refractivity contribution in [3.63, 3.8) is 0 Å². The van der Waals surface area contributed by atoms with Crippen LogP contribution in [-0.2, 0) is 10.0 Å². The fourth-order valence-corrected chi connectivity index (χ4v) is 3.22. The van der Waals surface area contributed by atoms with Crippen molar-refractivity contribution in [3.8, 4) is 0 Å². The van der Waals surface area contributed by atoms with E-state index >= 15 is 0 Å². The van der Waals surface area contributed by atoms with Gasteiger partial charge in [-0.1, -0.05) is 6.07 Å². The molecule has 0 aromatic heterocycles. The number of hydrogen-bond donors (Lipinski definition) is 2. The second-order valence-corrected chi connectivity index (χ2v) is 7.14. The molecule has 0 saturated carbocycles. The maximum Gasteiger partial charge on any atom is 0.211 e. The number of hydrogen-bond acceptors (Lipinski definition) is 4. The minimum absolute atomic E-state index is 0.304. The summed E-state index contributed by atoms with van der Waals surface area (Å²) in [6.07, 6.45) is 2.91. The molecular formula is C13H21N3O2S. The Morgan fingerprint density at radius 3 is 2.53 bits per heavy atom. The van der Waals surface area contributed by atoms with Crippen molar-refractivity contribution in [2.45, 2.75) is 25.8 Å². The SMILES string of the molecule is Cc1ccc(N)cc1NC1CCN(S(C)(=O)=O)CC1. The summed E-state index contributed by atoms with van der Waals surface area (Å²) in [5, 5.41) is 3.46. The van der Waals surface area contributed by atoms with E-state index in [1.54, 1.807) is 0 Å². The van der Waals surface area contributed by atoms with E-state index in [0.29, 0.717) is 19.1 Å². The number of nitrogen functional groups attached to an aromatic ring is 1. The predicted octanol–water partition coefficient (Wildman–Crippen LogP) is 1.41. The zero-order valence-electron chi connectivity index (χ0n) is 11.4. The lowest BCUT2D eigenvalue weighted by Gasteiger charge is -2.31. The van der Waals surface area contributed by atoms with Gasteiger partial charge in [-0.15, -0.1) is 0 Å². The van der Waals surface area contributed by atoms with Gasteiger partial charge in [-0.2, -0.15) is 0 Å². The van der Waals surface area contributed by atoms with E-state index in [9.17, 15) is 8.42 Å². The maximum atomic E-state index is 11.4. The molecule has 0 unspecified atom stereocenters. The molecule has 1 aromatic rings. The number of benzene rings is 1. The number of nitrogens with two attached hydrogens (primary N) is 1. The summed E-state index contributed by atoms with van der Waals surface area (Å²) in [6, 6.07) is 6.10. The van der Waals surface area contributed by atoms with Crippen molar-refractivity contribution in [2.24, 2.45) is 0 Å². The zero-order chi connectivity index (χ0) is 14.0. The number of piperidine rings is 1. The van der Waals surface area contributed by atoms with Crippen LogP contribution in [0, 0.1) is 6.92 Å². The number of rotatable bonds is 3. The molecule has 1 fully saturated rings. The quantitative estimate of drug-likeness (QED) is 0.823. The maximum absolute atomic E-state index is 11.4. The first kappa shape index (κ1) is 14.1. The molecule has 0 spiro atoms. The van der Waals surface area contributed by atoms with Crippen LogP contribution in [0.4, 0.5) is 11.4 Å². The minimum Gasteiger partial charge on any atom is -0.399 e. The molecule has 106 valence electrons. The summed E-state index contributed by atoms with van der Waals surface area (Å²) in [7, 11) is -3.05. The predicted molar refractivity (Wildman–Crippen MR) is 78.7 cm³/mol. The van der Waals surface area contributed by atoms with Gasteiger partial charge in [-0.05, 0) is 37.5 Å². The summed E-state index contributed by atoms with van der Waals surface area (Å²) in [5.74, 6) is 0. The van der Waals surface area contributed by atoms with Crippen LogP contribution >= 0.6 is 0 Å². The number of nitrogens with one attached hydrogen (secondary N) is 1. The topological polar surface area (TPSA) is 75.4 Å². The Morgan fingerprint density at radius 1 is 1.32 bits per heavy atom. The van der Waals surface area contributed by atoms with Crippen molar-refractivity contribution in [3.05, 3.63) is 23.8 Å². The van der Waals surface area contributed by atoms with Gasteiger partial charge in [-0.25, -0.2) is 12.7 Å². The van der Waals surface area contributed by atoms with Gasteiger partial charge in [0.15, 0.2) is 0 Å². The first-order chi connectivity index (χ1) is 8.86. The Morgan fingerprint density at radius 2 is 1.95 bits per heavy atom. The summed E-state index contributed by atoms with van der Waals surface area (Å²) >= 11 is 0. The van der Waals surface area contributed by atoms with Crippen molar-refractivity contribution in [1.29, 1.82) is 0 Å². The third kappa shape index (κ3) is 3.61. The molecule has 3 N–H and O–H groups in total. The zero-order valence-corrected chi connectivity index (χ0v) is 12.2. The molecule has 1 aromatic carbocycles. The van der Waals surface area contributed by atoms with Gasteiger partial charge in [0.25, 0.3) is 0 Å². The summed E-state index contributed by atoms with van der Waals surface area (Å²) in [6.45, 7) is 3.20. The molecule has 0 radical (unpaired) electrons. The van der Waals surface area contributed by atoms with Crippen molar-refractivity contribution < 1.29 is 8.42 Å². The van der Waals surface area contributed by atoms with E-state index in [-0.39, 0.29) is 0 Å². The first-order valence-electron chi connectivity index (χ1n) is 6.44. The fourth-order valence-electron chi connectivity index (χ4n) is 2.35. The Labute approximate surface area is 114 Å². The Bertz CT molecular complexity index is 549. The second kappa shape index (κ2) is 5.38. The molecule has 0 bridgehead atoms. The van der Waals surface area contributed by atoms with Crippen LogP contribution in [0.2, 0.25) is 0 Å². The fraction of sp³-hybridized carbons (Fsp3) is 0.538. The van der Waals surface area contributed by atoms with E-state index in [2.05, 4.69) is 5.32 Å². The van der Waals surface area contributed by atoms with E-state index in [0.717, 1.165) is 29.8 Å². The molecule has 2 rings (SSSR count). The van der Waals surface area contributed by atoms with Crippen LogP contribution in [0.25, 0.3) is 0 Å². The highest BCUT2D eigenvalue weighted by Gasteiger charge is 2.24. The van der Waals surface area contributed by atoms with Gasteiger partial charge in [0.1, 0.15) is 0 Å². The third-order valence-electron chi connectivity index (χ3n) is 3.54. The number of aryl methyl sites for hydroxylation is 1. The lowest BCUT2D eigenvalue weighted by Crippen LogP contribution is -2.41.